The number of rotatable bonds is 3. The van der Waals surface area contributed by atoms with Gasteiger partial charge in [0.25, 0.3) is 0 Å². The second-order valence-corrected chi connectivity index (χ2v) is 6.08. The van der Waals surface area contributed by atoms with E-state index in [4.69, 9.17) is 9.84 Å². The minimum Gasteiger partial charge on any atom is -0.444 e. The Hall–Kier alpha value is -0.770. The van der Waals surface area contributed by atoms with Gasteiger partial charge in [-0.1, -0.05) is 20.8 Å². The van der Waals surface area contributed by atoms with Crippen LogP contribution in [-0.2, 0) is 4.74 Å². The molecule has 1 amide bonds. The zero-order valence-electron chi connectivity index (χ0n) is 11.3. The van der Waals surface area contributed by atoms with Gasteiger partial charge in [0.05, 0.1) is 0 Å². The fourth-order valence-electron chi connectivity index (χ4n) is 1.30. The fraction of sp³-hybridized carbons (Fsp3) is 0.917. The molecule has 1 atom stereocenters. The molecule has 0 spiro atoms. The second-order valence-electron chi connectivity index (χ2n) is 6.08. The number of carbonyl (C=O) groups is 1. The van der Waals surface area contributed by atoms with E-state index in [1.54, 1.807) is 0 Å². The number of aliphatic hydroxyl groups is 1. The summed E-state index contributed by atoms with van der Waals surface area (Å²) in [6, 6.07) is -0.0904. The molecule has 0 radical (unpaired) electrons. The van der Waals surface area contributed by atoms with Gasteiger partial charge in [0, 0.05) is 12.6 Å². The highest BCUT2D eigenvalue weighted by molar-refractivity contribution is 5.68. The van der Waals surface area contributed by atoms with Crippen molar-refractivity contribution >= 4 is 6.09 Å². The van der Waals surface area contributed by atoms with Crippen molar-refractivity contribution < 1.29 is 14.6 Å². The molecule has 96 valence electrons. The highest BCUT2D eigenvalue weighted by atomic mass is 16.6. The molecule has 0 aromatic carbocycles. The summed E-state index contributed by atoms with van der Waals surface area (Å²) >= 11 is 0. The van der Waals surface area contributed by atoms with E-state index in [0.717, 1.165) is 0 Å². The molecular weight excluding hydrogens is 206 g/mol. The minimum absolute atomic E-state index is 0.0533. The van der Waals surface area contributed by atoms with Crippen molar-refractivity contribution in [1.82, 2.24) is 5.32 Å². The lowest BCUT2D eigenvalue weighted by molar-refractivity contribution is 0.0449. The molecule has 0 rings (SSSR count). The molecule has 0 aliphatic heterocycles. The quantitative estimate of drug-likeness (QED) is 0.783. The number of hydrogen-bond donors (Lipinski definition) is 2. The summed E-state index contributed by atoms with van der Waals surface area (Å²) in [6.07, 6.45) is 0.101. The molecule has 0 saturated carbocycles. The van der Waals surface area contributed by atoms with Gasteiger partial charge in [-0.2, -0.15) is 0 Å². The topological polar surface area (TPSA) is 58.6 Å². The maximum Gasteiger partial charge on any atom is 0.407 e. The summed E-state index contributed by atoms with van der Waals surface area (Å²) in [7, 11) is 0. The van der Waals surface area contributed by atoms with Crippen molar-refractivity contribution in [3.8, 4) is 0 Å². The van der Waals surface area contributed by atoms with Gasteiger partial charge in [0.1, 0.15) is 5.60 Å². The highest BCUT2D eigenvalue weighted by Gasteiger charge is 2.27. The monoisotopic (exact) mass is 231 g/mol. The van der Waals surface area contributed by atoms with E-state index in [0.29, 0.717) is 6.42 Å². The summed E-state index contributed by atoms with van der Waals surface area (Å²) in [6.45, 7) is 11.6. The van der Waals surface area contributed by atoms with Crippen LogP contribution in [0, 0.1) is 5.41 Å². The van der Waals surface area contributed by atoms with Gasteiger partial charge in [-0.05, 0) is 32.6 Å². The van der Waals surface area contributed by atoms with E-state index in [9.17, 15) is 4.79 Å². The zero-order valence-corrected chi connectivity index (χ0v) is 11.3. The highest BCUT2D eigenvalue weighted by Crippen LogP contribution is 2.22. The predicted molar refractivity (Wildman–Crippen MR) is 64.3 cm³/mol. The van der Waals surface area contributed by atoms with E-state index >= 15 is 0 Å². The zero-order chi connectivity index (χ0) is 13.0. The number of amides is 1. The standard InChI is InChI=1S/C12H25NO3/c1-11(2,3)9(7-8-14)13-10(15)16-12(4,5)6/h9,14H,7-8H2,1-6H3,(H,13,15)/t9-/m0/s1. The van der Waals surface area contributed by atoms with Crippen LogP contribution >= 0.6 is 0 Å². The van der Waals surface area contributed by atoms with Gasteiger partial charge < -0.3 is 15.2 Å². The van der Waals surface area contributed by atoms with Gasteiger partial charge in [-0.15, -0.1) is 0 Å². The molecular formula is C12H25NO3. The Labute approximate surface area is 98.4 Å². The molecule has 4 nitrogen and oxygen atoms in total. The van der Waals surface area contributed by atoms with Crippen molar-refractivity contribution in [3.05, 3.63) is 0 Å². The van der Waals surface area contributed by atoms with E-state index in [2.05, 4.69) is 5.32 Å². The maximum absolute atomic E-state index is 11.6. The van der Waals surface area contributed by atoms with Gasteiger partial charge in [-0.3, -0.25) is 0 Å². The summed E-state index contributed by atoms with van der Waals surface area (Å²) < 4.78 is 5.18. The van der Waals surface area contributed by atoms with Crippen LogP contribution in [0.25, 0.3) is 0 Å². The number of aliphatic hydroxyl groups excluding tert-OH is 1. The Balaban J connectivity index is 4.36. The average Bonchev–Trinajstić information content (AvgIpc) is 1.97. The summed E-state index contributed by atoms with van der Waals surface area (Å²) in [5.41, 5.74) is -0.592. The van der Waals surface area contributed by atoms with Crippen molar-refractivity contribution in [2.45, 2.75) is 59.6 Å². The van der Waals surface area contributed by atoms with Gasteiger partial charge in [-0.25, -0.2) is 4.79 Å². The molecule has 16 heavy (non-hydrogen) atoms. The molecule has 0 fully saturated rings. The van der Waals surface area contributed by atoms with Crippen LogP contribution in [0.2, 0.25) is 0 Å². The average molecular weight is 231 g/mol. The predicted octanol–water partition coefficient (Wildman–Crippen LogP) is 2.31. The van der Waals surface area contributed by atoms with Crippen molar-refractivity contribution in [2.24, 2.45) is 5.41 Å². The van der Waals surface area contributed by atoms with Crippen LogP contribution in [-0.4, -0.2) is 29.4 Å². The molecule has 0 saturated heterocycles. The van der Waals surface area contributed by atoms with Crippen LogP contribution in [0.4, 0.5) is 4.79 Å². The molecule has 0 aliphatic rings. The van der Waals surface area contributed by atoms with Crippen LogP contribution in [0.5, 0.6) is 0 Å². The lowest BCUT2D eigenvalue weighted by atomic mass is 9.85. The molecule has 0 heterocycles. The number of ether oxygens (including phenoxy) is 1. The second kappa shape index (κ2) is 5.53. The molecule has 0 aliphatic carbocycles. The first-order chi connectivity index (χ1) is 7.06. The fourth-order valence-corrected chi connectivity index (χ4v) is 1.30. The SMILES string of the molecule is CC(C)(C)OC(=O)N[C@@H](CCO)C(C)(C)C. The molecule has 0 bridgehead atoms. The van der Waals surface area contributed by atoms with Gasteiger partial charge in [0.2, 0.25) is 0 Å². The number of nitrogens with one attached hydrogen (secondary N) is 1. The van der Waals surface area contributed by atoms with Crippen molar-refractivity contribution in [1.29, 1.82) is 0 Å². The van der Waals surface area contributed by atoms with Gasteiger partial charge >= 0.3 is 6.09 Å². The third-order valence-corrected chi connectivity index (χ3v) is 2.15. The first-order valence-corrected chi connectivity index (χ1v) is 5.66. The molecule has 2 N–H and O–H groups in total. The normalized spacial score (nSPS) is 14.4. The van der Waals surface area contributed by atoms with E-state index < -0.39 is 11.7 Å². The Kier molecular flexibility index (Phi) is 5.26. The van der Waals surface area contributed by atoms with Crippen molar-refractivity contribution in [2.75, 3.05) is 6.61 Å². The molecule has 0 unspecified atom stereocenters. The summed E-state index contributed by atoms with van der Waals surface area (Å²) in [5, 5.41) is 11.7. The Morgan fingerprint density at radius 2 is 1.75 bits per heavy atom. The Bertz CT molecular complexity index is 225. The lowest BCUT2D eigenvalue weighted by Gasteiger charge is -2.32. The first kappa shape index (κ1) is 15.2. The third-order valence-electron chi connectivity index (χ3n) is 2.15. The lowest BCUT2D eigenvalue weighted by Crippen LogP contribution is -2.46. The Morgan fingerprint density at radius 1 is 1.25 bits per heavy atom. The number of alkyl carbamates (subject to hydrolysis) is 1. The maximum atomic E-state index is 11.6. The summed E-state index contributed by atoms with van der Waals surface area (Å²) in [4.78, 5) is 11.6. The van der Waals surface area contributed by atoms with Crippen LogP contribution in [0.15, 0.2) is 0 Å². The number of carbonyl (C=O) groups excluding carboxylic acids is 1. The molecule has 0 aromatic rings. The van der Waals surface area contributed by atoms with E-state index in [1.165, 1.54) is 0 Å². The summed E-state index contributed by atoms with van der Waals surface area (Å²) in [5.74, 6) is 0. The third kappa shape index (κ3) is 6.67. The van der Waals surface area contributed by atoms with Crippen LogP contribution < -0.4 is 5.32 Å². The van der Waals surface area contributed by atoms with E-state index in [-0.39, 0.29) is 18.1 Å². The minimum atomic E-state index is -0.494. The molecule has 0 aromatic heterocycles. The largest absolute Gasteiger partial charge is 0.444 e. The van der Waals surface area contributed by atoms with Crippen LogP contribution in [0.1, 0.15) is 48.0 Å². The van der Waals surface area contributed by atoms with Crippen LogP contribution in [0.3, 0.4) is 0 Å². The van der Waals surface area contributed by atoms with Gasteiger partial charge in [0.15, 0.2) is 0 Å². The van der Waals surface area contributed by atoms with E-state index in [1.807, 2.05) is 41.5 Å². The smallest absolute Gasteiger partial charge is 0.407 e. The first-order valence-electron chi connectivity index (χ1n) is 5.66. The molecule has 4 heteroatoms. The van der Waals surface area contributed by atoms with Crippen molar-refractivity contribution in [3.63, 3.8) is 0 Å². The number of hydrogen-bond acceptors (Lipinski definition) is 3. The Morgan fingerprint density at radius 3 is 2.06 bits per heavy atom.